The van der Waals surface area contributed by atoms with Crippen LogP contribution in [0.2, 0.25) is 0 Å². The smallest absolute Gasteiger partial charge is 0.153 e. The van der Waals surface area contributed by atoms with Gasteiger partial charge in [0.05, 0.1) is 12.2 Å². The van der Waals surface area contributed by atoms with Gasteiger partial charge < -0.3 is 9.64 Å². The number of carbonyl (C=O) groups excluding carboxylic acids is 1. The van der Waals surface area contributed by atoms with Crippen LogP contribution in [-0.2, 0) is 0 Å². The molecule has 0 aliphatic rings. The van der Waals surface area contributed by atoms with Crippen molar-refractivity contribution >= 4 is 6.29 Å². The van der Waals surface area contributed by atoms with Crippen LogP contribution in [0.4, 0.5) is 0 Å². The van der Waals surface area contributed by atoms with E-state index >= 15 is 0 Å². The van der Waals surface area contributed by atoms with Crippen molar-refractivity contribution in [3.63, 3.8) is 0 Å². The van der Waals surface area contributed by atoms with E-state index in [0.29, 0.717) is 17.9 Å². The van der Waals surface area contributed by atoms with Crippen LogP contribution in [0.3, 0.4) is 0 Å². The molecule has 0 unspecified atom stereocenters. The summed E-state index contributed by atoms with van der Waals surface area (Å²) < 4.78 is 6.00. The summed E-state index contributed by atoms with van der Waals surface area (Å²) in [6, 6.07) is 13.9. The predicted molar refractivity (Wildman–Crippen MR) is 95.3 cm³/mol. The SMILES string of the molecule is Cc1ccccc1-c1cccc(C=O)c1OCCCCN(C)C. The van der Waals surface area contributed by atoms with Gasteiger partial charge in [-0.05, 0) is 57.6 Å². The van der Waals surface area contributed by atoms with Crippen molar-refractivity contribution in [2.45, 2.75) is 19.8 Å². The number of aryl methyl sites for hydroxylation is 1. The van der Waals surface area contributed by atoms with E-state index in [-0.39, 0.29) is 0 Å². The molecule has 0 N–H and O–H groups in total. The van der Waals surface area contributed by atoms with Crippen LogP contribution in [0, 0.1) is 6.92 Å². The quantitative estimate of drug-likeness (QED) is 0.540. The zero-order chi connectivity index (χ0) is 16.7. The van der Waals surface area contributed by atoms with Crippen molar-refractivity contribution in [3.8, 4) is 16.9 Å². The van der Waals surface area contributed by atoms with E-state index in [1.807, 2.05) is 30.3 Å². The Hall–Kier alpha value is -2.13. The maximum atomic E-state index is 11.4. The second-order valence-corrected chi connectivity index (χ2v) is 6.02. The first-order chi connectivity index (χ1) is 11.1. The Labute approximate surface area is 138 Å². The van der Waals surface area contributed by atoms with Crippen molar-refractivity contribution in [2.75, 3.05) is 27.2 Å². The zero-order valence-electron chi connectivity index (χ0n) is 14.2. The number of aldehydes is 1. The Morgan fingerprint density at radius 3 is 2.43 bits per heavy atom. The molecular weight excluding hydrogens is 286 g/mol. The lowest BCUT2D eigenvalue weighted by Gasteiger charge is -2.16. The minimum Gasteiger partial charge on any atom is -0.492 e. The fraction of sp³-hybridized carbons (Fsp3) is 0.350. The van der Waals surface area contributed by atoms with Gasteiger partial charge in [-0.2, -0.15) is 0 Å². The zero-order valence-corrected chi connectivity index (χ0v) is 14.2. The van der Waals surface area contributed by atoms with Gasteiger partial charge >= 0.3 is 0 Å². The highest BCUT2D eigenvalue weighted by atomic mass is 16.5. The Morgan fingerprint density at radius 2 is 1.74 bits per heavy atom. The minimum absolute atomic E-state index is 0.610. The van der Waals surface area contributed by atoms with Crippen LogP contribution in [0.15, 0.2) is 42.5 Å². The Bertz CT molecular complexity index is 650. The van der Waals surface area contributed by atoms with E-state index in [9.17, 15) is 4.79 Å². The van der Waals surface area contributed by atoms with Crippen LogP contribution in [0.25, 0.3) is 11.1 Å². The van der Waals surface area contributed by atoms with Gasteiger partial charge in [0, 0.05) is 5.56 Å². The monoisotopic (exact) mass is 311 g/mol. The molecule has 0 heterocycles. The lowest BCUT2D eigenvalue weighted by molar-refractivity contribution is 0.111. The van der Waals surface area contributed by atoms with Gasteiger partial charge in [-0.15, -0.1) is 0 Å². The van der Waals surface area contributed by atoms with E-state index in [1.165, 1.54) is 5.56 Å². The molecule has 2 rings (SSSR count). The molecule has 0 saturated heterocycles. The van der Waals surface area contributed by atoms with Gasteiger partial charge in [0.25, 0.3) is 0 Å². The first-order valence-electron chi connectivity index (χ1n) is 8.05. The van der Waals surface area contributed by atoms with Crippen molar-refractivity contribution in [1.82, 2.24) is 4.90 Å². The second kappa shape index (κ2) is 8.49. The highest BCUT2D eigenvalue weighted by molar-refractivity contribution is 5.86. The maximum absolute atomic E-state index is 11.4. The molecule has 0 aliphatic heterocycles. The number of hydrogen-bond donors (Lipinski definition) is 0. The van der Waals surface area contributed by atoms with Crippen LogP contribution >= 0.6 is 0 Å². The molecule has 3 heteroatoms. The second-order valence-electron chi connectivity index (χ2n) is 6.02. The Kier molecular flexibility index (Phi) is 6.36. The molecule has 122 valence electrons. The van der Waals surface area contributed by atoms with Gasteiger partial charge in [0.15, 0.2) is 6.29 Å². The molecule has 0 spiro atoms. The number of benzene rings is 2. The first kappa shape index (κ1) is 17.2. The molecule has 0 saturated carbocycles. The molecule has 23 heavy (non-hydrogen) atoms. The van der Waals surface area contributed by atoms with Crippen LogP contribution in [0.5, 0.6) is 5.75 Å². The van der Waals surface area contributed by atoms with Crippen molar-refractivity contribution in [3.05, 3.63) is 53.6 Å². The summed E-state index contributed by atoms with van der Waals surface area (Å²) in [5, 5.41) is 0. The Morgan fingerprint density at radius 1 is 1.00 bits per heavy atom. The summed E-state index contributed by atoms with van der Waals surface area (Å²) >= 11 is 0. The lowest BCUT2D eigenvalue weighted by Crippen LogP contribution is -2.14. The van der Waals surface area contributed by atoms with Gasteiger partial charge in [0.2, 0.25) is 0 Å². The summed E-state index contributed by atoms with van der Waals surface area (Å²) in [5.41, 5.74) is 3.88. The number of nitrogens with zero attached hydrogens (tertiary/aromatic N) is 1. The van der Waals surface area contributed by atoms with E-state index in [4.69, 9.17) is 4.74 Å². The fourth-order valence-corrected chi connectivity index (χ4v) is 2.60. The summed E-state index contributed by atoms with van der Waals surface area (Å²) in [7, 11) is 4.14. The average Bonchev–Trinajstić information content (AvgIpc) is 2.55. The third-order valence-electron chi connectivity index (χ3n) is 3.85. The van der Waals surface area contributed by atoms with Crippen LogP contribution in [0.1, 0.15) is 28.8 Å². The number of ether oxygens (including phenoxy) is 1. The van der Waals surface area contributed by atoms with Gasteiger partial charge in [-0.1, -0.05) is 36.4 Å². The highest BCUT2D eigenvalue weighted by Crippen LogP contribution is 2.34. The molecule has 0 fully saturated rings. The molecular formula is C20H25NO2. The molecule has 3 nitrogen and oxygen atoms in total. The number of para-hydroxylation sites is 1. The molecule has 0 amide bonds. The van der Waals surface area contributed by atoms with Crippen LogP contribution < -0.4 is 4.74 Å². The van der Waals surface area contributed by atoms with E-state index < -0.39 is 0 Å². The minimum atomic E-state index is 0.610. The van der Waals surface area contributed by atoms with Crippen molar-refractivity contribution in [1.29, 1.82) is 0 Å². The third kappa shape index (κ3) is 4.67. The molecule has 2 aromatic rings. The number of hydrogen-bond acceptors (Lipinski definition) is 3. The molecule has 0 aromatic heterocycles. The van der Waals surface area contributed by atoms with E-state index in [2.05, 4.69) is 38.1 Å². The highest BCUT2D eigenvalue weighted by Gasteiger charge is 2.12. The first-order valence-corrected chi connectivity index (χ1v) is 8.05. The van der Waals surface area contributed by atoms with E-state index in [0.717, 1.165) is 36.8 Å². The Balaban J connectivity index is 2.20. The molecule has 0 bridgehead atoms. The van der Waals surface area contributed by atoms with Crippen molar-refractivity contribution in [2.24, 2.45) is 0 Å². The van der Waals surface area contributed by atoms with E-state index in [1.54, 1.807) is 0 Å². The molecule has 2 aromatic carbocycles. The topological polar surface area (TPSA) is 29.5 Å². The number of rotatable bonds is 8. The van der Waals surface area contributed by atoms with Gasteiger partial charge in [0.1, 0.15) is 5.75 Å². The summed E-state index contributed by atoms with van der Waals surface area (Å²) in [6.45, 7) is 3.74. The summed E-state index contributed by atoms with van der Waals surface area (Å²) in [5.74, 6) is 0.696. The summed E-state index contributed by atoms with van der Waals surface area (Å²) in [6.07, 6.45) is 2.92. The largest absolute Gasteiger partial charge is 0.492 e. The number of unbranched alkanes of at least 4 members (excludes halogenated alkanes) is 1. The summed E-state index contributed by atoms with van der Waals surface area (Å²) in [4.78, 5) is 13.6. The van der Waals surface area contributed by atoms with Crippen LogP contribution in [-0.4, -0.2) is 38.4 Å². The average molecular weight is 311 g/mol. The maximum Gasteiger partial charge on any atom is 0.153 e. The predicted octanol–water partition coefficient (Wildman–Crippen LogP) is 4.20. The molecule has 0 atom stereocenters. The van der Waals surface area contributed by atoms with Gasteiger partial charge in [-0.3, -0.25) is 4.79 Å². The third-order valence-corrected chi connectivity index (χ3v) is 3.85. The molecule has 0 radical (unpaired) electrons. The molecule has 0 aliphatic carbocycles. The number of carbonyl (C=O) groups is 1. The standard InChI is InChI=1S/C20H25NO2/c1-16-9-4-5-11-18(16)19-12-8-10-17(15-22)20(19)23-14-7-6-13-21(2)3/h4-5,8-12,15H,6-7,13-14H2,1-3H3. The van der Waals surface area contributed by atoms with Gasteiger partial charge in [-0.25, -0.2) is 0 Å². The van der Waals surface area contributed by atoms with Crippen molar-refractivity contribution < 1.29 is 9.53 Å². The fourth-order valence-electron chi connectivity index (χ4n) is 2.60. The lowest BCUT2D eigenvalue weighted by atomic mass is 9.98. The normalized spacial score (nSPS) is 10.8.